The van der Waals surface area contributed by atoms with Gasteiger partial charge in [0.1, 0.15) is 6.42 Å². The second-order valence-corrected chi connectivity index (χ2v) is 4.20. The van der Waals surface area contributed by atoms with Gasteiger partial charge in [0.05, 0.1) is 17.1 Å². The van der Waals surface area contributed by atoms with Crippen LogP contribution in [0.15, 0.2) is 0 Å². The number of aryl methyl sites for hydroxylation is 1. The lowest BCUT2D eigenvalue weighted by molar-refractivity contribution is -0.139. The van der Waals surface area contributed by atoms with Crippen molar-refractivity contribution in [3.8, 4) is 0 Å². The lowest BCUT2D eigenvalue weighted by Gasteiger charge is -2.08. The van der Waals surface area contributed by atoms with E-state index in [1.165, 1.54) is 0 Å². The first-order valence-electron chi connectivity index (χ1n) is 5.40. The zero-order valence-corrected chi connectivity index (χ0v) is 10.4. The van der Waals surface area contributed by atoms with Gasteiger partial charge >= 0.3 is 5.97 Å². The van der Waals surface area contributed by atoms with E-state index in [2.05, 4.69) is 10.4 Å². The second kappa shape index (κ2) is 4.99. The smallest absolute Gasteiger partial charge is 0.312 e. The molecule has 0 bridgehead atoms. The van der Waals surface area contributed by atoms with Crippen LogP contribution >= 0.6 is 0 Å². The van der Waals surface area contributed by atoms with Crippen molar-refractivity contribution in [1.82, 2.24) is 9.78 Å². The predicted octanol–water partition coefficient (Wildman–Crippen LogP) is 1.49. The summed E-state index contributed by atoms with van der Waals surface area (Å²) in [4.78, 5) is 21.8. The monoisotopic (exact) mass is 239 g/mol. The lowest BCUT2D eigenvalue weighted by atomic mass is 10.3. The van der Waals surface area contributed by atoms with Crippen molar-refractivity contribution in [3.63, 3.8) is 0 Å². The molecular formula is C11H17N3O3. The maximum absolute atomic E-state index is 11.4. The number of aliphatic carboxylic acids is 1. The Hall–Kier alpha value is -1.85. The number of hydrogen-bond acceptors (Lipinski definition) is 3. The summed E-state index contributed by atoms with van der Waals surface area (Å²) in [6.45, 7) is 7.60. The van der Waals surface area contributed by atoms with Crippen molar-refractivity contribution >= 4 is 17.6 Å². The largest absolute Gasteiger partial charge is 0.481 e. The molecule has 0 radical (unpaired) electrons. The molecule has 17 heavy (non-hydrogen) atoms. The highest BCUT2D eigenvalue weighted by molar-refractivity contribution is 6.01. The molecule has 0 aliphatic rings. The number of carbonyl (C=O) groups excluding carboxylic acids is 1. The predicted molar refractivity (Wildman–Crippen MR) is 63.0 cm³/mol. The Morgan fingerprint density at radius 2 is 2.00 bits per heavy atom. The van der Waals surface area contributed by atoms with Crippen molar-refractivity contribution in [1.29, 1.82) is 0 Å². The van der Waals surface area contributed by atoms with Gasteiger partial charge in [-0.15, -0.1) is 0 Å². The molecule has 1 amide bonds. The Balaban J connectivity index is 2.92. The van der Waals surface area contributed by atoms with Crippen LogP contribution in [0, 0.1) is 13.8 Å². The summed E-state index contributed by atoms with van der Waals surface area (Å²) >= 11 is 0. The molecule has 0 aliphatic heterocycles. The van der Waals surface area contributed by atoms with Gasteiger partial charge < -0.3 is 10.4 Å². The van der Waals surface area contributed by atoms with E-state index in [0.717, 1.165) is 5.69 Å². The number of nitrogens with one attached hydrogen (secondary N) is 1. The van der Waals surface area contributed by atoms with Crippen molar-refractivity contribution in [2.45, 2.75) is 40.2 Å². The third-order valence-corrected chi connectivity index (χ3v) is 2.39. The highest BCUT2D eigenvalue weighted by Gasteiger charge is 2.16. The van der Waals surface area contributed by atoms with Crippen LogP contribution in [-0.2, 0) is 9.59 Å². The molecular weight excluding hydrogens is 222 g/mol. The van der Waals surface area contributed by atoms with Crippen molar-refractivity contribution in [2.75, 3.05) is 5.32 Å². The Kier molecular flexibility index (Phi) is 3.88. The van der Waals surface area contributed by atoms with E-state index in [0.29, 0.717) is 11.4 Å². The van der Waals surface area contributed by atoms with Gasteiger partial charge in [-0.25, -0.2) is 0 Å². The average molecular weight is 239 g/mol. The highest BCUT2D eigenvalue weighted by atomic mass is 16.4. The van der Waals surface area contributed by atoms with Gasteiger partial charge in [-0.05, 0) is 27.7 Å². The van der Waals surface area contributed by atoms with Crippen molar-refractivity contribution in [3.05, 3.63) is 11.4 Å². The number of carbonyl (C=O) groups is 2. The first-order valence-corrected chi connectivity index (χ1v) is 5.40. The number of nitrogens with zero attached hydrogens (tertiary/aromatic N) is 2. The molecule has 6 nitrogen and oxygen atoms in total. The molecule has 0 saturated carbocycles. The van der Waals surface area contributed by atoms with E-state index in [1.54, 1.807) is 11.6 Å². The minimum atomic E-state index is -1.14. The first-order chi connectivity index (χ1) is 7.82. The van der Waals surface area contributed by atoms with E-state index in [9.17, 15) is 9.59 Å². The molecule has 0 saturated heterocycles. The summed E-state index contributed by atoms with van der Waals surface area (Å²) < 4.78 is 1.80. The van der Waals surface area contributed by atoms with Gasteiger partial charge in [-0.3, -0.25) is 14.3 Å². The van der Waals surface area contributed by atoms with Crippen LogP contribution in [0.4, 0.5) is 5.69 Å². The van der Waals surface area contributed by atoms with Crippen molar-refractivity contribution < 1.29 is 14.7 Å². The van der Waals surface area contributed by atoms with E-state index in [-0.39, 0.29) is 6.04 Å². The zero-order valence-electron chi connectivity index (χ0n) is 10.4. The van der Waals surface area contributed by atoms with E-state index in [4.69, 9.17) is 5.11 Å². The fourth-order valence-corrected chi connectivity index (χ4v) is 1.67. The molecule has 0 atom stereocenters. The fourth-order valence-electron chi connectivity index (χ4n) is 1.67. The highest BCUT2D eigenvalue weighted by Crippen LogP contribution is 2.22. The number of amides is 1. The number of hydrogen-bond donors (Lipinski definition) is 2. The van der Waals surface area contributed by atoms with Crippen LogP contribution in [0.25, 0.3) is 0 Å². The molecule has 2 N–H and O–H groups in total. The van der Waals surface area contributed by atoms with Gasteiger partial charge in [-0.1, -0.05) is 0 Å². The van der Waals surface area contributed by atoms with Crippen LogP contribution in [0.3, 0.4) is 0 Å². The van der Waals surface area contributed by atoms with Crippen molar-refractivity contribution in [2.24, 2.45) is 0 Å². The Morgan fingerprint density at radius 1 is 1.41 bits per heavy atom. The topological polar surface area (TPSA) is 84.2 Å². The minimum absolute atomic E-state index is 0.193. The first kappa shape index (κ1) is 13.2. The molecule has 6 heteroatoms. The van der Waals surface area contributed by atoms with Gasteiger partial charge in [0.2, 0.25) is 5.91 Å². The summed E-state index contributed by atoms with van der Waals surface area (Å²) in [5.74, 6) is -1.68. The van der Waals surface area contributed by atoms with Crippen LogP contribution in [-0.4, -0.2) is 26.8 Å². The van der Waals surface area contributed by atoms with E-state index in [1.807, 2.05) is 20.8 Å². The maximum Gasteiger partial charge on any atom is 0.312 e. The minimum Gasteiger partial charge on any atom is -0.481 e. The fraction of sp³-hybridized carbons (Fsp3) is 0.545. The quantitative estimate of drug-likeness (QED) is 0.780. The molecule has 1 aromatic rings. The third kappa shape index (κ3) is 3.05. The zero-order chi connectivity index (χ0) is 13.2. The number of rotatable bonds is 4. The summed E-state index contributed by atoms with van der Waals surface area (Å²) in [6.07, 6.45) is -0.536. The molecule has 0 spiro atoms. The number of anilines is 1. The van der Waals surface area contributed by atoms with E-state index >= 15 is 0 Å². The SMILES string of the molecule is Cc1nn(C(C)C)c(C)c1NC(=O)CC(=O)O. The average Bonchev–Trinajstić information content (AvgIpc) is 2.44. The summed E-state index contributed by atoms with van der Waals surface area (Å²) in [7, 11) is 0. The van der Waals surface area contributed by atoms with E-state index < -0.39 is 18.3 Å². The van der Waals surface area contributed by atoms with Crippen LogP contribution in [0.1, 0.15) is 37.7 Å². The Labute approximate surface area is 99.6 Å². The summed E-state index contributed by atoms with van der Waals surface area (Å²) in [5.41, 5.74) is 2.12. The third-order valence-electron chi connectivity index (χ3n) is 2.39. The summed E-state index contributed by atoms with van der Waals surface area (Å²) in [6, 6.07) is 0.193. The number of carboxylic acid groups (broad SMARTS) is 1. The van der Waals surface area contributed by atoms with Gasteiger partial charge in [0.15, 0.2) is 0 Å². The van der Waals surface area contributed by atoms with Gasteiger partial charge in [-0.2, -0.15) is 5.10 Å². The molecule has 1 rings (SSSR count). The number of carboxylic acids is 1. The lowest BCUT2D eigenvalue weighted by Crippen LogP contribution is -2.17. The van der Waals surface area contributed by atoms with Crippen LogP contribution in [0.2, 0.25) is 0 Å². The molecule has 0 unspecified atom stereocenters. The second-order valence-electron chi connectivity index (χ2n) is 4.20. The summed E-state index contributed by atoms with van der Waals surface area (Å²) in [5, 5.41) is 15.4. The standard InChI is InChI=1S/C11H17N3O3/c1-6(2)14-8(4)11(7(3)13-14)12-9(15)5-10(16)17/h6H,5H2,1-4H3,(H,12,15)(H,16,17). The molecule has 0 fully saturated rings. The molecule has 0 aliphatic carbocycles. The van der Waals surface area contributed by atoms with Crippen LogP contribution < -0.4 is 5.32 Å². The Morgan fingerprint density at radius 3 is 2.41 bits per heavy atom. The van der Waals surface area contributed by atoms with Gasteiger partial charge in [0.25, 0.3) is 0 Å². The Bertz CT molecular complexity index is 449. The van der Waals surface area contributed by atoms with Crippen LogP contribution in [0.5, 0.6) is 0 Å². The molecule has 0 aromatic carbocycles. The molecule has 1 heterocycles. The molecule has 1 aromatic heterocycles. The maximum atomic E-state index is 11.4. The number of aromatic nitrogens is 2. The normalized spacial score (nSPS) is 10.6. The molecule has 94 valence electrons. The van der Waals surface area contributed by atoms with Gasteiger partial charge in [0, 0.05) is 6.04 Å².